The number of amides is 1. The summed E-state index contributed by atoms with van der Waals surface area (Å²) in [5.41, 5.74) is 0.411. The number of sulfonamides is 1. The first-order chi connectivity index (χ1) is 10.9. The average Bonchev–Trinajstić information content (AvgIpc) is 2.55. The second kappa shape index (κ2) is 7.34. The quantitative estimate of drug-likeness (QED) is 0.833. The predicted molar refractivity (Wildman–Crippen MR) is 88.3 cm³/mol. The Labute approximate surface area is 139 Å². The highest BCUT2D eigenvalue weighted by Crippen LogP contribution is 2.20. The van der Waals surface area contributed by atoms with Crippen molar-refractivity contribution in [3.63, 3.8) is 0 Å². The van der Waals surface area contributed by atoms with Crippen molar-refractivity contribution in [3.8, 4) is 5.75 Å². The van der Waals surface area contributed by atoms with Gasteiger partial charge in [-0.05, 0) is 48.5 Å². The highest BCUT2D eigenvalue weighted by Gasteiger charge is 2.14. The van der Waals surface area contributed by atoms with Crippen LogP contribution >= 0.6 is 11.6 Å². The van der Waals surface area contributed by atoms with Gasteiger partial charge in [0.1, 0.15) is 5.75 Å². The van der Waals surface area contributed by atoms with Crippen molar-refractivity contribution in [3.05, 3.63) is 53.6 Å². The zero-order valence-electron chi connectivity index (χ0n) is 12.2. The Balaban J connectivity index is 2.08. The molecule has 2 N–H and O–H groups in total. The average molecular weight is 355 g/mol. The fourth-order valence-corrected chi connectivity index (χ4v) is 2.85. The normalized spacial score (nSPS) is 10.9. The molecule has 122 valence electrons. The van der Waals surface area contributed by atoms with E-state index in [2.05, 4.69) is 10.0 Å². The Bertz CT molecular complexity index is 774. The SMILES string of the molecule is CNC(=O)COc1ccc(S(=O)(=O)Nc2ccc(Cl)cc2)cc1. The summed E-state index contributed by atoms with van der Waals surface area (Å²) in [6, 6.07) is 12.1. The summed E-state index contributed by atoms with van der Waals surface area (Å²) < 4.78 is 32.2. The lowest BCUT2D eigenvalue weighted by Gasteiger charge is -2.09. The van der Waals surface area contributed by atoms with Gasteiger partial charge in [-0.1, -0.05) is 11.6 Å². The Morgan fingerprint density at radius 2 is 1.70 bits per heavy atom. The molecule has 0 bridgehead atoms. The van der Waals surface area contributed by atoms with Crippen molar-refractivity contribution >= 4 is 33.2 Å². The Hall–Kier alpha value is -2.25. The summed E-state index contributed by atoms with van der Waals surface area (Å²) in [5.74, 6) is 0.130. The molecule has 6 nitrogen and oxygen atoms in total. The fourth-order valence-electron chi connectivity index (χ4n) is 1.67. The molecule has 0 atom stereocenters. The number of hydrogen-bond donors (Lipinski definition) is 2. The molecule has 0 saturated carbocycles. The number of benzene rings is 2. The zero-order valence-corrected chi connectivity index (χ0v) is 13.8. The summed E-state index contributed by atoms with van der Waals surface area (Å²) in [6.07, 6.45) is 0. The Morgan fingerprint density at radius 3 is 2.26 bits per heavy atom. The van der Waals surface area contributed by atoms with Gasteiger partial charge in [-0.2, -0.15) is 0 Å². The minimum atomic E-state index is -3.71. The van der Waals surface area contributed by atoms with Gasteiger partial charge in [-0.3, -0.25) is 9.52 Å². The molecule has 0 unspecified atom stereocenters. The number of halogens is 1. The number of carbonyl (C=O) groups excluding carboxylic acids is 1. The zero-order chi connectivity index (χ0) is 16.9. The van der Waals surface area contributed by atoms with E-state index in [-0.39, 0.29) is 17.4 Å². The largest absolute Gasteiger partial charge is 0.484 e. The van der Waals surface area contributed by atoms with Crippen LogP contribution in [0.4, 0.5) is 5.69 Å². The molecule has 2 aromatic carbocycles. The van der Waals surface area contributed by atoms with E-state index in [0.717, 1.165) is 0 Å². The molecule has 0 aliphatic rings. The fraction of sp³-hybridized carbons (Fsp3) is 0.133. The third-order valence-corrected chi connectivity index (χ3v) is 4.53. The summed E-state index contributed by atoms with van der Waals surface area (Å²) >= 11 is 5.76. The molecular formula is C15H15ClN2O4S. The van der Waals surface area contributed by atoms with Gasteiger partial charge in [0.05, 0.1) is 4.90 Å². The van der Waals surface area contributed by atoms with Crippen molar-refractivity contribution < 1.29 is 17.9 Å². The number of rotatable bonds is 6. The number of hydrogen-bond acceptors (Lipinski definition) is 4. The van der Waals surface area contributed by atoms with E-state index in [4.69, 9.17) is 16.3 Å². The number of anilines is 1. The van der Waals surface area contributed by atoms with E-state index < -0.39 is 10.0 Å². The highest BCUT2D eigenvalue weighted by atomic mass is 35.5. The van der Waals surface area contributed by atoms with E-state index in [1.165, 1.54) is 31.3 Å². The first-order valence-corrected chi connectivity index (χ1v) is 8.48. The van der Waals surface area contributed by atoms with E-state index in [0.29, 0.717) is 16.5 Å². The monoisotopic (exact) mass is 354 g/mol. The lowest BCUT2D eigenvalue weighted by Crippen LogP contribution is -2.24. The molecule has 0 aliphatic heterocycles. The number of nitrogens with one attached hydrogen (secondary N) is 2. The second-order valence-electron chi connectivity index (χ2n) is 4.55. The van der Waals surface area contributed by atoms with Gasteiger partial charge >= 0.3 is 0 Å². The van der Waals surface area contributed by atoms with E-state index >= 15 is 0 Å². The van der Waals surface area contributed by atoms with Gasteiger partial charge in [0, 0.05) is 17.8 Å². The summed E-state index contributed by atoms with van der Waals surface area (Å²) in [4.78, 5) is 11.2. The van der Waals surface area contributed by atoms with Crippen LogP contribution < -0.4 is 14.8 Å². The molecule has 0 aliphatic carbocycles. The van der Waals surface area contributed by atoms with Crippen LogP contribution in [-0.4, -0.2) is 28.0 Å². The van der Waals surface area contributed by atoms with Crippen molar-refractivity contribution in [2.45, 2.75) is 4.90 Å². The van der Waals surface area contributed by atoms with Crippen LogP contribution in [0.15, 0.2) is 53.4 Å². The topological polar surface area (TPSA) is 84.5 Å². The molecule has 2 aromatic rings. The summed E-state index contributed by atoms with van der Waals surface area (Å²) in [6.45, 7) is -0.133. The lowest BCUT2D eigenvalue weighted by molar-refractivity contribution is -0.122. The third-order valence-electron chi connectivity index (χ3n) is 2.88. The standard InChI is InChI=1S/C15H15ClN2O4S/c1-17-15(19)10-22-13-6-8-14(9-7-13)23(20,21)18-12-4-2-11(16)3-5-12/h2-9,18H,10H2,1H3,(H,17,19). The molecule has 0 aromatic heterocycles. The summed E-state index contributed by atoms with van der Waals surface area (Å²) in [7, 11) is -2.20. The molecule has 8 heteroatoms. The van der Waals surface area contributed by atoms with Crippen LogP contribution in [0.1, 0.15) is 0 Å². The van der Waals surface area contributed by atoms with Crippen LogP contribution in [0, 0.1) is 0 Å². The maximum Gasteiger partial charge on any atom is 0.261 e. The van der Waals surface area contributed by atoms with Gasteiger partial charge in [0.25, 0.3) is 15.9 Å². The van der Waals surface area contributed by atoms with Crippen LogP contribution in [0.5, 0.6) is 5.75 Å². The molecule has 1 amide bonds. The molecule has 0 spiro atoms. The molecule has 0 fully saturated rings. The van der Waals surface area contributed by atoms with Crippen molar-refractivity contribution in [1.29, 1.82) is 0 Å². The van der Waals surface area contributed by atoms with E-state index in [1.54, 1.807) is 24.3 Å². The van der Waals surface area contributed by atoms with Gasteiger partial charge in [-0.25, -0.2) is 8.42 Å². The Kier molecular flexibility index (Phi) is 5.46. The van der Waals surface area contributed by atoms with E-state index in [9.17, 15) is 13.2 Å². The van der Waals surface area contributed by atoms with Gasteiger partial charge in [0.2, 0.25) is 0 Å². The Morgan fingerprint density at radius 1 is 1.09 bits per heavy atom. The first-order valence-electron chi connectivity index (χ1n) is 6.62. The molecular weight excluding hydrogens is 340 g/mol. The van der Waals surface area contributed by atoms with Gasteiger partial charge < -0.3 is 10.1 Å². The number of carbonyl (C=O) groups is 1. The smallest absolute Gasteiger partial charge is 0.261 e. The van der Waals surface area contributed by atoms with Crippen LogP contribution in [-0.2, 0) is 14.8 Å². The molecule has 0 radical (unpaired) electrons. The number of ether oxygens (including phenoxy) is 1. The lowest BCUT2D eigenvalue weighted by atomic mass is 10.3. The molecule has 0 saturated heterocycles. The predicted octanol–water partition coefficient (Wildman–Crippen LogP) is 2.27. The van der Waals surface area contributed by atoms with Crippen molar-refractivity contribution in [2.24, 2.45) is 0 Å². The first kappa shape index (κ1) is 17.1. The minimum absolute atomic E-state index is 0.0831. The maximum atomic E-state index is 12.3. The van der Waals surface area contributed by atoms with Gasteiger partial charge in [-0.15, -0.1) is 0 Å². The van der Waals surface area contributed by atoms with Gasteiger partial charge in [0.15, 0.2) is 6.61 Å². The third kappa shape index (κ3) is 4.87. The highest BCUT2D eigenvalue weighted by molar-refractivity contribution is 7.92. The van der Waals surface area contributed by atoms with Crippen LogP contribution in [0.25, 0.3) is 0 Å². The van der Waals surface area contributed by atoms with Crippen molar-refractivity contribution in [2.75, 3.05) is 18.4 Å². The van der Waals surface area contributed by atoms with Crippen molar-refractivity contribution in [1.82, 2.24) is 5.32 Å². The van der Waals surface area contributed by atoms with E-state index in [1.807, 2.05) is 0 Å². The molecule has 2 rings (SSSR count). The maximum absolute atomic E-state index is 12.3. The van der Waals surface area contributed by atoms with Crippen LogP contribution in [0.3, 0.4) is 0 Å². The summed E-state index contributed by atoms with van der Waals surface area (Å²) in [5, 5.41) is 2.94. The second-order valence-corrected chi connectivity index (χ2v) is 6.66. The molecule has 23 heavy (non-hydrogen) atoms. The number of likely N-dealkylation sites (N-methyl/N-ethyl adjacent to an activating group) is 1. The van der Waals surface area contributed by atoms with Crippen LogP contribution in [0.2, 0.25) is 5.02 Å². The molecule has 0 heterocycles. The minimum Gasteiger partial charge on any atom is -0.484 e.